The van der Waals surface area contributed by atoms with Gasteiger partial charge in [-0.25, -0.2) is 4.79 Å². The minimum absolute atomic E-state index is 0.0794. The summed E-state index contributed by atoms with van der Waals surface area (Å²) in [6.07, 6.45) is 1.45. The van der Waals surface area contributed by atoms with Crippen molar-refractivity contribution in [3.05, 3.63) is 41.7 Å². The van der Waals surface area contributed by atoms with Gasteiger partial charge in [-0.05, 0) is 12.0 Å². The lowest BCUT2D eigenvalue weighted by Crippen LogP contribution is -2.40. The maximum atomic E-state index is 11.9. The summed E-state index contributed by atoms with van der Waals surface area (Å²) in [5.41, 5.74) is 1.13. The molecule has 1 aromatic heterocycles. The van der Waals surface area contributed by atoms with Crippen LogP contribution in [0.5, 0.6) is 0 Å². The minimum Gasteiger partial charge on any atom is -0.383 e. The molecule has 0 atom stereocenters. The Bertz CT molecular complexity index is 736. The van der Waals surface area contributed by atoms with Crippen LogP contribution in [0.4, 0.5) is 4.79 Å². The highest BCUT2D eigenvalue weighted by atomic mass is 32.2. The molecule has 0 unspecified atom stereocenters. The number of hydrogen-bond donors (Lipinski definition) is 2. The number of carbonyl (C=O) groups is 2. The third-order valence-corrected chi connectivity index (χ3v) is 4.61. The minimum atomic E-state index is -0.479. The first-order valence-electron chi connectivity index (χ1n) is 8.79. The number of hydrogen-bond acceptors (Lipinski definition) is 6. The molecule has 27 heavy (non-hydrogen) atoms. The number of methoxy groups -OCH3 is 1. The molecule has 146 valence electrons. The van der Waals surface area contributed by atoms with E-state index in [0.29, 0.717) is 31.3 Å². The van der Waals surface area contributed by atoms with Crippen LogP contribution in [-0.4, -0.2) is 52.7 Å². The van der Waals surface area contributed by atoms with Crippen LogP contribution in [0.25, 0.3) is 0 Å². The lowest BCUT2D eigenvalue weighted by atomic mass is 10.1. The van der Waals surface area contributed by atoms with E-state index in [0.717, 1.165) is 17.8 Å². The molecule has 1 aromatic carbocycles. The first-order chi connectivity index (χ1) is 13.1. The van der Waals surface area contributed by atoms with Gasteiger partial charge in [-0.15, -0.1) is 10.2 Å². The van der Waals surface area contributed by atoms with Gasteiger partial charge in [-0.3, -0.25) is 10.1 Å². The van der Waals surface area contributed by atoms with Crippen LogP contribution in [0.2, 0.25) is 0 Å². The van der Waals surface area contributed by atoms with Crippen LogP contribution in [0.3, 0.4) is 0 Å². The number of imide groups is 1. The molecule has 9 heteroatoms. The van der Waals surface area contributed by atoms with E-state index < -0.39 is 6.03 Å². The highest BCUT2D eigenvalue weighted by Crippen LogP contribution is 2.18. The predicted molar refractivity (Wildman–Crippen MR) is 104 cm³/mol. The number of thioether (sulfide) groups is 1. The fourth-order valence-electron chi connectivity index (χ4n) is 2.32. The van der Waals surface area contributed by atoms with E-state index in [9.17, 15) is 9.59 Å². The van der Waals surface area contributed by atoms with Crippen molar-refractivity contribution in [3.63, 3.8) is 0 Å². The summed E-state index contributed by atoms with van der Waals surface area (Å²) < 4.78 is 7.12. The van der Waals surface area contributed by atoms with Crippen LogP contribution in [-0.2, 0) is 22.5 Å². The van der Waals surface area contributed by atoms with E-state index in [-0.39, 0.29) is 11.7 Å². The van der Waals surface area contributed by atoms with Gasteiger partial charge in [-0.2, -0.15) is 0 Å². The largest absolute Gasteiger partial charge is 0.383 e. The van der Waals surface area contributed by atoms with E-state index in [4.69, 9.17) is 4.74 Å². The highest BCUT2D eigenvalue weighted by Gasteiger charge is 2.15. The maximum Gasteiger partial charge on any atom is 0.321 e. The zero-order valence-electron chi connectivity index (χ0n) is 15.6. The van der Waals surface area contributed by atoms with Gasteiger partial charge in [-0.1, -0.05) is 49.0 Å². The first kappa shape index (κ1) is 20.9. The molecule has 2 aromatic rings. The molecule has 2 N–H and O–H groups in total. The molecule has 0 aliphatic rings. The first-order valence-corrected chi connectivity index (χ1v) is 9.78. The summed E-state index contributed by atoms with van der Waals surface area (Å²) in [5, 5.41) is 14.0. The molecule has 0 aliphatic carbocycles. The van der Waals surface area contributed by atoms with E-state index in [1.165, 1.54) is 11.8 Å². The fraction of sp³-hybridized carbons (Fsp3) is 0.444. The van der Waals surface area contributed by atoms with Crippen molar-refractivity contribution in [3.8, 4) is 0 Å². The Morgan fingerprint density at radius 1 is 1.22 bits per heavy atom. The monoisotopic (exact) mass is 391 g/mol. The molecule has 0 aliphatic heterocycles. The molecule has 8 nitrogen and oxygen atoms in total. The zero-order chi connectivity index (χ0) is 19.5. The van der Waals surface area contributed by atoms with Gasteiger partial charge >= 0.3 is 6.03 Å². The molecule has 0 saturated carbocycles. The smallest absolute Gasteiger partial charge is 0.321 e. The van der Waals surface area contributed by atoms with Crippen LogP contribution in [0.1, 0.15) is 24.7 Å². The number of ether oxygens (including phenoxy) is 1. The summed E-state index contributed by atoms with van der Waals surface area (Å²) in [6, 6.07) is 9.52. The van der Waals surface area contributed by atoms with Crippen molar-refractivity contribution >= 4 is 23.7 Å². The van der Waals surface area contributed by atoms with E-state index in [1.54, 1.807) is 7.11 Å². The summed E-state index contributed by atoms with van der Waals surface area (Å²) in [5.74, 6) is 0.511. The molecule has 1 heterocycles. The third kappa shape index (κ3) is 7.03. The summed E-state index contributed by atoms with van der Waals surface area (Å²) in [6.45, 7) is 3.57. The molecule has 0 spiro atoms. The van der Waals surface area contributed by atoms with Gasteiger partial charge in [0, 0.05) is 26.6 Å². The van der Waals surface area contributed by atoms with Crippen molar-refractivity contribution in [2.24, 2.45) is 0 Å². The molecule has 3 amide bonds. The summed E-state index contributed by atoms with van der Waals surface area (Å²) >= 11 is 1.24. The SMILES string of the molecule is CCCNC(=O)NC(=O)CSc1nnc(Cc2ccccc2)n1CCOC. The van der Waals surface area contributed by atoms with Crippen LogP contribution in [0, 0.1) is 0 Å². The molecular weight excluding hydrogens is 366 g/mol. The number of rotatable bonds is 10. The average Bonchev–Trinajstić information content (AvgIpc) is 3.05. The second-order valence-corrected chi connectivity index (χ2v) is 6.74. The maximum absolute atomic E-state index is 11.9. The lowest BCUT2D eigenvalue weighted by molar-refractivity contribution is -0.117. The van der Waals surface area contributed by atoms with Gasteiger partial charge in [0.1, 0.15) is 5.82 Å². The average molecular weight is 391 g/mol. The molecule has 0 saturated heterocycles. The second-order valence-electron chi connectivity index (χ2n) is 5.80. The molecular formula is C18H25N5O3S. The van der Waals surface area contributed by atoms with E-state index >= 15 is 0 Å². The van der Waals surface area contributed by atoms with E-state index in [1.807, 2.05) is 41.8 Å². The van der Waals surface area contributed by atoms with Gasteiger partial charge in [0.05, 0.1) is 12.4 Å². The van der Waals surface area contributed by atoms with Gasteiger partial charge in [0.15, 0.2) is 5.16 Å². The Morgan fingerprint density at radius 3 is 2.70 bits per heavy atom. The normalized spacial score (nSPS) is 10.6. The Balaban J connectivity index is 1.98. The molecule has 0 fully saturated rings. The Morgan fingerprint density at radius 2 is 2.00 bits per heavy atom. The Kier molecular flexibility index (Phi) is 8.79. The number of carbonyl (C=O) groups excluding carboxylic acids is 2. The zero-order valence-corrected chi connectivity index (χ0v) is 16.4. The fourth-order valence-corrected chi connectivity index (χ4v) is 3.10. The number of benzene rings is 1. The van der Waals surface area contributed by atoms with Crippen LogP contribution in [0.15, 0.2) is 35.5 Å². The number of nitrogens with zero attached hydrogens (tertiary/aromatic N) is 3. The van der Waals surface area contributed by atoms with Crippen LogP contribution >= 0.6 is 11.8 Å². The van der Waals surface area contributed by atoms with Gasteiger partial charge in [0.25, 0.3) is 0 Å². The summed E-state index contributed by atoms with van der Waals surface area (Å²) in [7, 11) is 1.64. The highest BCUT2D eigenvalue weighted by molar-refractivity contribution is 7.99. The number of amides is 3. The Hall–Kier alpha value is -2.39. The predicted octanol–water partition coefficient (Wildman–Crippen LogP) is 1.84. The third-order valence-electron chi connectivity index (χ3n) is 3.64. The van der Waals surface area contributed by atoms with Crippen molar-refractivity contribution < 1.29 is 14.3 Å². The van der Waals surface area contributed by atoms with Crippen molar-refractivity contribution in [2.45, 2.75) is 31.5 Å². The second kappa shape index (κ2) is 11.3. The summed E-state index contributed by atoms with van der Waals surface area (Å²) in [4.78, 5) is 23.5. The van der Waals surface area contributed by atoms with E-state index in [2.05, 4.69) is 20.8 Å². The molecule has 0 radical (unpaired) electrons. The molecule has 0 bridgehead atoms. The van der Waals surface area contributed by atoms with Gasteiger partial charge in [0.2, 0.25) is 5.91 Å². The van der Waals surface area contributed by atoms with Crippen molar-refractivity contribution in [1.82, 2.24) is 25.4 Å². The number of aromatic nitrogens is 3. The lowest BCUT2D eigenvalue weighted by Gasteiger charge is -2.10. The van der Waals surface area contributed by atoms with Crippen LogP contribution < -0.4 is 10.6 Å². The van der Waals surface area contributed by atoms with Crippen molar-refractivity contribution in [1.29, 1.82) is 0 Å². The topological polar surface area (TPSA) is 98.1 Å². The molecule has 2 rings (SSSR count). The van der Waals surface area contributed by atoms with Crippen molar-refractivity contribution in [2.75, 3.05) is 26.0 Å². The Labute approximate surface area is 163 Å². The quantitative estimate of drug-likeness (QED) is 0.600. The van der Waals surface area contributed by atoms with Gasteiger partial charge < -0.3 is 14.6 Å². The number of urea groups is 1. The number of nitrogens with one attached hydrogen (secondary N) is 2. The standard InChI is InChI=1S/C18H25N5O3S/c1-3-9-19-17(25)20-16(24)13-27-18-22-21-15(23(18)10-11-26-2)12-14-7-5-4-6-8-14/h4-8H,3,9-13H2,1-2H3,(H2,19,20,24,25).